The summed E-state index contributed by atoms with van der Waals surface area (Å²) >= 11 is 0. The molecule has 0 fully saturated rings. The molecule has 0 saturated carbocycles. The Labute approximate surface area is 116 Å². The van der Waals surface area contributed by atoms with Crippen LogP contribution in [-0.2, 0) is 6.42 Å². The molecule has 5 nitrogen and oxygen atoms in total. The second-order valence-corrected chi connectivity index (χ2v) is 5.15. The number of hydrogen-bond acceptors (Lipinski definition) is 4. The van der Waals surface area contributed by atoms with E-state index in [0.29, 0.717) is 0 Å². The van der Waals surface area contributed by atoms with Crippen LogP contribution in [0.25, 0.3) is 16.9 Å². The van der Waals surface area contributed by atoms with Crippen molar-refractivity contribution < 1.29 is 0 Å². The summed E-state index contributed by atoms with van der Waals surface area (Å²) in [5.74, 6) is 0.841. The quantitative estimate of drug-likeness (QED) is 0.676. The van der Waals surface area contributed by atoms with Crippen LogP contribution in [0.1, 0.15) is 12.1 Å². The Bertz CT molecular complexity index is 777. The van der Waals surface area contributed by atoms with E-state index in [1.165, 1.54) is 5.69 Å². The van der Waals surface area contributed by atoms with Gasteiger partial charge < -0.3 is 4.90 Å². The molecule has 5 heteroatoms. The van der Waals surface area contributed by atoms with Crippen LogP contribution in [0.2, 0.25) is 0 Å². The minimum absolute atomic E-state index is 0.841. The minimum Gasteiger partial charge on any atom is -0.373 e. The molecule has 0 unspecified atom stereocenters. The first kappa shape index (κ1) is 11.4. The zero-order valence-electron chi connectivity index (χ0n) is 11.3. The number of fused-ring (bicyclic) bond motifs is 2. The van der Waals surface area contributed by atoms with Gasteiger partial charge in [-0.15, -0.1) is 5.10 Å². The molecule has 0 amide bonds. The summed E-state index contributed by atoms with van der Waals surface area (Å²) in [6, 6.07) is 12.1. The normalized spacial score (nSPS) is 14.6. The van der Waals surface area contributed by atoms with Gasteiger partial charge in [0.2, 0.25) is 0 Å². The van der Waals surface area contributed by atoms with Crippen molar-refractivity contribution in [1.29, 1.82) is 0 Å². The number of anilines is 1. The maximum absolute atomic E-state index is 4.78. The number of para-hydroxylation sites is 1. The van der Waals surface area contributed by atoms with Crippen LogP contribution in [-0.4, -0.2) is 33.6 Å². The van der Waals surface area contributed by atoms with Gasteiger partial charge in [0, 0.05) is 13.6 Å². The highest BCUT2D eigenvalue weighted by molar-refractivity contribution is 5.75. The fourth-order valence-electron chi connectivity index (χ4n) is 2.77. The molecular weight excluding hydrogens is 250 g/mol. The number of rotatable bonds is 1. The minimum atomic E-state index is 0.841. The highest BCUT2D eigenvalue weighted by Crippen LogP contribution is 2.26. The summed E-state index contributed by atoms with van der Waals surface area (Å²) in [5, 5.41) is 8.41. The second kappa shape index (κ2) is 4.30. The first-order valence-electron chi connectivity index (χ1n) is 6.85. The molecular formula is C15H15N5. The lowest BCUT2D eigenvalue weighted by Gasteiger charge is -2.26. The lowest BCUT2D eigenvalue weighted by atomic mass is 10.1. The molecule has 3 aromatic rings. The molecule has 3 heterocycles. The first-order valence-corrected chi connectivity index (χ1v) is 6.85. The van der Waals surface area contributed by atoms with Crippen LogP contribution in [0.15, 0.2) is 36.4 Å². The number of benzene rings is 1. The van der Waals surface area contributed by atoms with E-state index in [9.17, 15) is 0 Å². The Morgan fingerprint density at radius 2 is 2.00 bits per heavy atom. The van der Waals surface area contributed by atoms with Gasteiger partial charge in [0.25, 0.3) is 0 Å². The van der Waals surface area contributed by atoms with Gasteiger partial charge in [0.15, 0.2) is 5.82 Å². The van der Waals surface area contributed by atoms with Gasteiger partial charge in [-0.25, -0.2) is 4.98 Å². The molecule has 0 saturated heterocycles. The summed E-state index contributed by atoms with van der Waals surface area (Å²) in [6.45, 7) is 1.10. The van der Waals surface area contributed by atoms with Crippen LogP contribution in [0.5, 0.6) is 0 Å². The molecule has 0 aliphatic carbocycles. The third-order valence-electron chi connectivity index (χ3n) is 3.82. The van der Waals surface area contributed by atoms with Crippen molar-refractivity contribution in [3.05, 3.63) is 42.1 Å². The van der Waals surface area contributed by atoms with Gasteiger partial charge in [0.05, 0.1) is 16.9 Å². The van der Waals surface area contributed by atoms with Gasteiger partial charge >= 0.3 is 0 Å². The summed E-state index contributed by atoms with van der Waals surface area (Å²) in [6.07, 6.45) is 2.18. The summed E-state index contributed by atoms with van der Waals surface area (Å²) in [7, 11) is 2.12. The van der Waals surface area contributed by atoms with Crippen molar-refractivity contribution in [2.75, 3.05) is 18.5 Å². The predicted octanol–water partition coefficient (Wildman–Crippen LogP) is 2.20. The fourth-order valence-corrected chi connectivity index (χ4v) is 2.77. The number of aryl methyl sites for hydroxylation is 1. The van der Waals surface area contributed by atoms with Crippen LogP contribution in [0.3, 0.4) is 0 Å². The molecule has 2 aromatic heterocycles. The zero-order valence-corrected chi connectivity index (χ0v) is 11.3. The molecule has 1 aliphatic rings. The molecule has 100 valence electrons. The second-order valence-electron chi connectivity index (χ2n) is 5.15. The largest absolute Gasteiger partial charge is 0.373 e. The van der Waals surface area contributed by atoms with Crippen molar-refractivity contribution in [2.45, 2.75) is 12.8 Å². The van der Waals surface area contributed by atoms with E-state index >= 15 is 0 Å². The Hall–Kier alpha value is -2.43. The number of hydrogen-bond donors (Lipinski definition) is 0. The van der Waals surface area contributed by atoms with E-state index in [2.05, 4.69) is 28.3 Å². The van der Waals surface area contributed by atoms with E-state index in [4.69, 9.17) is 4.98 Å². The monoisotopic (exact) mass is 265 g/mol. The van der Waals surface area contributed by atoms with Crippen molar-refractivity contribution in [2.24, 2.45) is 0 Å². The average Bonchev–Trinajstić information content (AvgIpc) is 2.91. The zero-order chi connectivity index (χ0) is 13.5. The van der Waals surface area contributed by atoms with Crippen molar-refractivity contribution in [3.63, 3.8) is 0 Å². The van der Waals surface area contributed by atoms with Crippen LogP contribution in [0.4, 0.5) is 5.69 Å². The lowest BCUT2D eigenvalue weighted by molar-refractivity contribution is 0.713. The third-order valence-corrected chi connectivity index (χ3v) is 3.82. The van der Waals surface area contributed by atoms with Crippen LogP contribution < -0.4 is 4.90 Å². The molecule has 1 aromatic carbocycles. The molecule has 0 radical (unpaired) electrons. The number of aromatic nitrogens is 4. The molecule has 0 atom stereocenters. The van der Waals surface area contributed by atoms with Crippen LogP contribution >= 0.6 is 0 Å². The summed E-state index contributed by atoms with van der Waals surface area (Å²) < 4.78 is 1.81. The predicted molar refractivity (Wildman–Crippen MR) is 78.3 cm³/mol. The van der Waals surface area contributed by atoms with E-state index in [1.54, 1.807) is 0 Å². The Morgan fingerprint density at radius 1 is 1.10 bits per heavy atom. The maximum atomic E-state index is 4.78. The number of pyridine rings is 1. The van der Waals surface area contributed by atoms with Gasteiger partial charge in [0.1, 0.15) is 5.52 Å². The third kappa shape index (κ3) is 1.66. The highest BCUT2D eigenvalue weighted by atomic mass is 15.4. The molecule has 0 bridgehead atoms. The van der Waals surface area contributed by atoms with E-state index < -0.39 is 0 Å². The van der Waals surface area contributed by atoms with Gasteiger partial charge in [-0.1, -0.05) is 17.3 Å². The molecule has 0 spiro atoms. The Balaban J connectivity index is 1.87. The van der Waals surface area contributed by atoms with Crippen molar-refractivity contribution >= 4 is 16.7 Å². The van der Waals surface area contributed by atoms with Gasteiger partial charge in [-0.2, -0.15) is 4.68 Å². The lowest BCUT2D eigenvalue weighted by Crippen LogP contribution is -2.25. The topological polar surface area (TPSA) is 46.8 Å². The first-order chi connectivity index (χ1) is 9.83. The smallest absolute Gasteiger partial charge is 0.156 e. The van der Waals surface area contributed by atoms with Crippen LogP contribution in [0, 0.1) is 0 Å². The highest BCUT2D eigenvalue weighted by Gasteiger charge is 2.16. The summed E-state index contributed by atoms with van der Waals surface area (Å²) in [4.78, 5) is 7.03. The molecule has 1 aliphatic heterocycles. The van der Waals surface area contributed by atoms with Crippen molar-refractivity contribution in [3.8, 4) is 5.82 Å². The SMILES string of the molecule is CN1CCCc2nc(-n3nnc4ccccc43)ccc21. The Morgan fingerprint density at radius 3 is 2.95 bits per heavy atom. The number of nitrogens with zero attached hydrogens (tertiary/aromatic N) is 5. The van der Waals surface area contributed by atoms with Gasteiger partial charge in [-0.3, -0.25) is 0 Å². The summed E-state index contributed by atoms with van der Waals surface area (Å²) in [5.41, 5.74) is 4.26. The average molecular weight is 265 g/mol. The molecule has 4 rings (SSSR count). The van der Waals surface area contributed by atoms with E-state index in [0.717, 1.165) is 41.9 Å². The van der Waals surface area contributed by atoms with Gasteiger partial charge in [-0.05, 0) is 37.1 Å². The fraction of sp³-hybridized carbons (Fsp3) is 0.267. The Kier molecular flexibility index (Phi) is 2.45. The standard InChI is InChI=1S/C15H15N5/c1-19-10-4-6-11-13(19)8-9-15(16-11)20-14-7-3-2-5-12(14)17-18-20/h2-3,5,7-9H,4,6,10H2,1H3. The van der Waals surface area contributed by atoms with E-state index in [-0.39, 0.29) is 0 Å². The molecule has 0 N–H and O–H groups in total. The van der Waals surface area contributed by atoms with E-state index in [1.807, 2.05) is 35.0 Å². The van der Waals surface area contributed by atoms with Crippen molar-refractivity contribution in [1.82, 2.24) is 20.0 Å². The molecule has 20 heavy (non-hydrogen) atoms. The maximum Gasteiger partial charge on any atom is 0.156 e.